The first-order valence-electron chi connectivity index (χ1n) is 4.88. The summed E-state index contributed by atoms with van der Waals surface area (Å²) >= 11 is 11.7. The zero-order valence-electron chi connectivity index (χ0n) is 8.12. The fourth-order valence-corrected chi connectivity index (χ4v) is 2.15. The Kier molecular flexibility index (Phi) is 3.34. The molecule has 1 aromatic heterocycles. The maximum Gasteiger partial charge on any atom is 0.232 e. The highest BCUT2D eigenvalue weighted by atomic mass is 35.5. The summed E-state index contributed by atoms with van der Waals surface area (Å²) in [6, 6.07) is 1.86. The van der Waals surface area contributed by atoms with E-state index in [9.17, 15) is 0 Å². The third-order valence-electron chi connectivity index (χ3n) is 2.48. The Bertz CT molecular complexity index is 359. The van der Waals surface area contributed by atoms with Gasteiger partial charge in [0.25, 0.3) is 0 Å². The van der Waals surface area contributed by atoms with Gasteiger partial charge in [-0.15, -0.1) is 0 Å². The van der Waals surface area contributed by atoms with Gasteiger partial charge in [-0.2, -0.15) is 0 Å². The van der Waals surface area contributed by atoms with Crippen LogP contribution in [0.3, 0.4) is 0 Å². The van der Waals surface area contributed by atoms with Crippen LogP contribution in [0.4, 0.5) is 0 Å². The number of nitrogens with two attached hydrogens (primary N) is 1. The maximum atomic E-state index is 5.94. The molecule has 2 atom stereocenters. The molecular formula is C10H12Cl2N2O. The molecular weight excluding hydrogens is 235 g/mol. The number of halogens is 2. The molecule has 5 heteroatoms. The quantitative estimate of drug-likeness (QED) is 0.873. The molecule has 0 radical (unpaired) electrons. The first kappa shape index (κ1) is 11.0. The van der Waals surface area contributed by atoms with Gasteiger partial charge in [0.05, 0.1) is 5.02 Å². The van der Waals surface area contributed by atoms with E-state index in [1.165, 1.54) is 6.20 Å². The molecule has 2 unspecified atom stereocenters. The summed E-state index contributed by atoms with van der Waals surface area (Å²) in [6.07, 6.45) is 4.47. The lowest BCUT2D eigenvalue weighted by Crippen LogP contribution is -2.19. The molecule has 1 aromatic rings. The fraction of sp³-hybridized carbons (Fsp3) is 0.500. The van der Waals surface area contributed by atoms with Crippen molar-refractivity contribution >= 4 is 23.2 Å². The third kappa shape index (κ3) is 2.74. The lowest BCUT2D eigenvalue weighted by Gasteiger charge is -2.13. The van der Waals surface area contributed by atoms with Gasteiger partial charge in [0.2, 0.25) is 5.88 Å². The second-order valence-electron chi connectivity index (χ2n) is 3.75. The van der Waals surface area contributed by atoms with Crippen LogP contribution in [0.1, 0.15) is 19.3 Å². The van der Waals surface area contributed by atoms with E-state index < -0.39 is 0 Å². The number of hydrogen-bond donors (Lipinski definition) is 1. The Labute approximate surface area is 98.5 Å². The minimum Gasteiger partial charge on any atom is -0.473 e. The van der Waals surface area contributed by atoms with E-state index in [4.69, 9.17) is 33.7 Å². The van der Waals surface area contributed by atoms with Gasteiger partial charge < -0.3 is 10.5 Å². The summed E-state index contributed by atoms with van der Waals surface area (Å²) in [5.41, 5.74) is 5.79. The van der Waals surface area contributed by atoms with Gasteiger partial charge in [-0.1, -0.05) is 23.2 Å². The van der Waals surface area contributed by atoms with Gasteiger partial charge in [-0.05, 0) is 25.3 Å². The van der Waals surface area contributed by atoms with Gasteiger partial charge >= 0.3 is 0 Å². The Hall–Kier alpha value is -0.510. The fourth-order valence-electron chi connectivity index (χ4n) is 1.73. The van der Waals surface area contributed by atoms with E-state index in [0.717, 1.165) is 19.3 Å². The molecule has 1 saturated carbocycles. The number of nitrogens with zero attached hydrogens (tertiary/aromatic N) is 1. The Morgan fingerprint density at radius 2 is 2.20 bits per heavy atom. The number of pyridine rings is 1. The van der Waals surface area contributed by atoms with Crippen molar-refractivity contribution in [3.8, 4) is 5.88 Å². The third-order valence-corrected chi connectivity index (χ3v) is 2.95. The van der Waals surface area contributed by atoms with Gasteiger partial charge in [0, 0.05) is 12.2 Å². The molecule has 82 valence electrons. The minimum atomic E-state index is 0.131. The Morgan fingerprint density at radius 3 is 2.80 bits per heavy atom. The van der Waals surface area contributed by atoms with Crippen LogP contribution in [0.15, 0.2) is 12.3 Å². The Morgan fingerprint density at radius 1 is 1.40 bits per heavy atom. The van der Waals surface area contributed by atoms with Crippen LogP contribution in [0.25, 0.3) is 0 Å². The first-order chi connectivity index (χ1) is 7.15. The maximum absolute atomic E-state index is 5.94. The zero-order chi connectivity index (χ0) is 10.8. The SMILES string of the molecule is NC1CCC(Oc2ncc(Cl)cc2Cl)C1. The van der Waals surface area contributed by atoms with Crippen LogP contribution in [0, 0.1) is 0 Å². The number of ether oxygens (including phenoxy) is 1. The summed E-state index contributed by atoms with van der Waals surface area (Å²) in [5, 5.41) is 0.957. The van der Waals surface area contributed by atoms with Gasteiger partial charge in [0.1, 0.15) is 11.1 Å². The molecule has 1 aliphatic carbocycles. The molecule has 0 spiro atoms. The largest absolute Gasteiger partial charge is 0.473 e. The predicted octanol–water partition coefficient (Wildman–Crippen LogP) is 2.65. The highest BCUT2D eigenvalue weighted by Gasteiger charge is 2.24. The van der Waals surface area contributed by atoms with Gasteiger partial charge in [-0.25, -0.2) is 4.98 Å². The Balaban J connectivity index is 2.04. The molecule has 0 saturated heterocycles. The van der Waals surface area contributed by atoms with Crippen LogP contribution in [-0.4, -0.2) is 17.1 Å². The van der Waals surface area contributed by atoms with E-state index in [-0.39, 0.29) is 12.1 Å². The van der Waals surface area contributed by atoms with Crippen molar-refractivity contribution in [2.24, 2.45) is 5.73 Å². The first-order valence-corrected chi connectivity index (χ1v) is 5.64. The lowest BCUT2D eigenvalue weighted by atomic mass is 10.3. The number of rotatable bonds is 2. The number of hydrogen-bond acceptors (Lipinski definition) is 3. The van der Waals surface area contributed by atoms with Gasteiger partial charge in [-0.3, -0.25) is 0 Å². The van der Waals surface area contributed by atoms with Crippen molar-refractivity contribution in [2.75, 3.05) is 0 Å². The molecule has 0 aliphatic heterocycles. The van der Waals surface area contributed by atoms with Gasteiger partial charge in [0.15, 0.2) is 0 Å². The molecule has 2 N–H and O–H groups in total. The molecule has 1 aliphatic rings. The molecule has 1 fully saturated rings. The van der Waals surface area contributed by atoms with E-state index in [1.54, 1.807) is 6.07 Å². The van der Waals surface area contributed by atoms with E-state index in [2.05, 4.69) is 4.98 Å². The van der Waals surface area contributed by atoms with Crippen LogP contribution in [-0.2, 0) is 0 Å². The van der Waals surface area contributed by atoms with Crippen molar-refractivity contribution in [3.05, 3.63) is 22.3 Å². The van der Waals surface area contributed by atoms with E-state index >= 15 is 0 Å². The average Bonchev–Trinajstić information content (AvgIpc) is 2.56. The molecule has 1 heterocycles. The molecule has 0 bridgehead atoms. The summed E-state index contributed by atoms with van der Waals surface area (Å²) < 4.78 is 5.65. The van der Waals surface area contributed by atoms with E-state index in [1.807, 2.05) is 0 Å². The van der Waals surface area contributed by atoms with Crippen molar-refractivity contribution in [1.82, 2.24) is 4.98 Å². The van der Waals surface area contributed by atoms with Crippen molar-refractivity contribution < 1.29 is 4.74 Å². The van der Waals surface area contributed by atoms with Crippen LogP contribution in [0.5, 0.6) is 5.88 Å². The molecule has 15 heavy (non-hydrogen) atoms. The second-order valence-corrected chi connectivity index (χ2v) is 4.60. The monoisotopic (exact) mass is 246 g/mol. The molecule has 2 rings (SSSR count). The summed E-state index contributed by atoms with van der Waals surface area (Å²) in [7, 11) is 0. The van der Waals surface area contributed by atoms with E-state index in [0.29, 0.717) is 15.9 Å². The normalized spacial score (nSPS) is 25.5. The average molecular weight is 247 g/mol. The molecule has 3 nitrogen and oxygen atoms in total. The van der Waals surface area contributed by atoms with Crippen LogP contribution < -0.4 is 10.5 Å². The lowest BCUT2D eigenvalue weighted by molar-refractivity contribution is 0.200. The number of aromatic nitrogens is 1. The predicted molar refractivity (Wildman–Crippen MR) is 60.5 cm³/mol. The molecule has 0 amide bonds. The van der Waals surface area contributed by atoms with Crippen molar-refractivity contribution in [2.45, 2.75) is 31.4 Å². The smallest absolute Gasteiger partial charge is 0.232 e. The highest BCUT2D eigenvalue weighted by molar-refractivity contribution is 6.35. The summed E-state index contributed by atoms with van der Waals surface area (Å²) in [6.45, 7) is 0. The molecule has 0 aromatic carbocycles. The van der Waals surface area contributed by atoms with Crippen molar-refractivity contribution in [3.63, 3.8) is 0 Å². The van der Waals surface area contributed by atoms with Crippen LogP contribution in [0.2, 0.25) is 10.0 Å². The zero-order valence-corrected chi connectivity index (χ0v) is 9.63. The summed E-state index contributed by atoms with van der Waals surface area (Å²) in [5.74, 6) is 0.445. The second kappa shape index (κ2) is 4.56. The highest BCUT2D eigenvalue weighted by Crippen LogP contribution is 2.29. The van der Waals surface area contributed by atoms with Crippen molar-refractivity contribution in [1.29, 1.82) is 0 Å². The standard InChI is InChI=1S/C10H12Cl2N2O/c11-6-3-9(12)10(14-5-6)15-8-2-1-7(13)4-8/h3,5,7-8H,1-2,4,13H2. The summed E-state index contributed by atoms with van der Waals surface area (Å²) in [4.78, 5) is 4.04. The topological polar surface area (TPSA) is 48.1 Å². The van der Waals surface area contributed by atoms with Crippen LogP contribution >= 0.6 is 23.2 Å². The minimum absolute atomic E-state index is 0.131.